The van der Waals surface area contributed by atoms with Gasteiger partial charge in [-0.15, -0.1) is 0 Å². The quantitative estimate of drug-likeness (QED) is 0.829. The van der Waals surface area contributed by atoms with Gasteiger partial charge >= 0.3 is 0 Å². The molecule has 0 radical (unpaired) electrons. The van der Waals surface area contributed by atoms with Crippen LogP contribution in [0.4, 0.5) is 17.5 Å². The highest BCUT2D eigenvalue weighted by molar-refractivity contribution is 5.79. The fourth-order valence-corrected chi connectivity index (χ4v) is 3.86. The minimum Gasteiger partial charge on any atom is -0.495 e. The van der Waals surface area contributed by atoms with Crippen LogP contribution in [-0.2, 0) is 9.53 Å². The molecule has 1 amide bonds. The van der Waals surface area contributed by atoms with Crippen LogP contribution in [0.2, 0.25) is 0 Å². The van der Waals surface area contributed by atoms with Crippen molar-refractivity contribution in [3.63, 3.8) is 0 Å². The third kappa shape index (κ3) is 4.59. The summed E-state index contributed by atoms with van der Waals surface area (Å²) < 4.78 is 10.8. The predicted octanol–water partition coefficient (Wildman–Crippen LogP) is 2.30. The second-order valence-corrected chi connectivity index (χ2v) is 7.29. The Balaban J connectivity index is 1.45. The summed E-state index contributed by atoms with van der Waals surface area (Å²) in [5, 5.41) is 3.30. The first-order chi connectivity index (χ1) is 14.2. The van der Waals surface area contributed by atoms with Gasteiger partial charge in [-0.1, -0.05) is 12.1 Å². The Kier molecular flexibility index (Phi) is 6.09. The Morgan fingerprint density at radius 2 is 2.03 bits per heavy atom. The van der Waals surface area contributed by atoms with E-state index in [-0.39, 0.29) is 11.8 Å². The Hall–Kier alpha value is -2.87. The lowest BCUT2D eigenvalue weighted by molar-refractivity contribution is -0.139. The van der Waals surface area contributed by atoms with E-state index >= 15 is 0 Å². The van der Waals surface area contributed by atoms with Gasteiger partial charge in [0, 0.05) is 32.4 Å². The molecule has 2 fully saturated rings. The number of para-hydroxylation sites is 2. The van der Waals surface area contributed by atoms with Gasteiger partial charge in [0.15, 0.2) is 0 Å². The summed E-state index contributed by atoms with van der Waals surface area (Å²) in [7, 11) is 1.64. The summed E-state index contributed by atoms with van der Waals surface area (Å²) in [6.45, 7) is 4.12. The largest absolute Gasteiger partial charge is 0.495 e. The van der Waals surface area contributed by atoms with E-state index in [1.165, 1.54) is 0 Å². The standard InChI is InChI=1S/C21H27N5O3/c1-28-18-7-3-2-6-17(18)23-19-8-9-22-21(24-19)26-10-4-5-16(15-26)20(27)25-11-13-29-14-12-25/h2-3,6-9,16H,4-5,10-15H2,1H3,(H,22,23,24). The molecular weight excluding hydrogens is 370 g/mol. The number of morpholine rings is 1. The van der Waals surface area contributed by atoms with Crippen molar-refractivity contribution in [3.8, 4) is 5.75 Å². The summed E-state index contributed by atoms with van der Waals surface area (Å²) in [5.41, 5.74) is 0.846. The van der Waals surface area contributed by atoms with Crippen LogP contribution in [0.5, 0.6) is 5.75 Å². The number of nitrogens with zero attached hydrogens (tertiary/aromatic N) is 4. The number of piperidine rings is 1. The van der Waals surface area contributed by atoms with Crippen molar-refractivity contribution in [1.82, 2.24) is 14.9 Å². The van der Waals surface area contributed by atoms with Crippen molar-refractivity contribution in [3.05, 3.63) is 36.5 Å². The number of aromatic nitrogens is 2. The van der Waals surface area contributed by atoms with Crippen molar-refractivity contribution in [2.45, 2.75) is 12.8 Å². The number of carbonyl (C=O) groups excluding carboxylic acids is 1. The molecule has 29 heavy (non-hydrogen) atoms. The van der Waals surface area contributed by atoms with Gasteiger partial charge in [-0.05, 0) is 31.0 Å². The zero-order chi connectivity index (χ0) is 20.1. The van der Waals surface area contributed by atoms with Crippen molar-refractivity contribution >= 4 is 23.4 Å². The Bertz CT molecular complexity index is 841. The van der Waals surface area contributed by atoms with Crippen molar-refractivity contribution in [2.24, 2.45) is 5.92 Å². The number of hydrogen-bond acceptors (Lipinski definition) is 7. The highest BCUT2D eigenvalue weighted by atomic mass is 16.5. The molecule has 2 aromatic rings. The smallest absolute Gasteiger partial charge is 0.227 e. The number of rotatable bonds is 5. The lowest BCUT2D eigenvalue weighted by atomic mass is 9.96. The average molecular weight is 397 g/mol. The van der Waals surface area contributed by atoms with E-state index in [9.17, 15) is 4.79 Å². The first kappa shape index (κ1) is 19.4. The van der Waals surface area contributed by atoms with Gasteiger partial charge in [-0.25, -0.2) is 4.98 Å². The van der Waals surface area contributed by atoms with E-state index < -0.39 is 0 Å². The van der Waals surface area contributed by atoms with E-state index in [1.54, 1.807) is 13.3 Å². The summed E-state index contributed by atoms with van der Waals surface area (Å²) >= 11 is 0. The second-order valence-electron chi connectivity index (χ2n) is 7.29. The number of benzene rings is 1. The number of ether oxygens (including phenoxy) is 2. The van der Waals surface area contributed by atoms with Gasteiger partial charge in [0.05, 0.1) is 31.9 Å². The van der Waals surface area contributed by atoms with Gasteiger partial charge < -0.3 is 24.6 Å². The zero-order valence-corrected chi connectivity index (χ0v) is 16.7. The highest BCUT2D eigenvalue weighted by Crippen LogP contribution is 2.27. The second kappa shape index (κ2) is 9.09. The van der Waals surface area contributed by atoms with Gasteiger partial charge in [-0.3, -0.25) is 4.79 Å². The Labute approximate surface area is 170 Å². The first-order valence-electron chi connectivity index (χ1n) is 10.1. The fourth-order valence-electron chi connectivity index (χ4n) is 3.86. The molecule has 4 rings (SSSR count). The van der Waals surface area contributed by atoms with E-state index in [2.05, 4.69) is 20.2 Å². The van der Waals surface area contributed by atoms with Gasteiger partial charge in [0.1, 0.15) is 11.6 Å². The lowest BCUT2D eigenvalue weighted by Gasteiger charge is -2.36. The predicted molar refractivity (Wildman–Crippen MR) is 111 cm³/mol. The topological polar surface area (TPSA) is 79.8 Å². The molecule has 1 aromatic heterocycles. The molecular formula is C21H27N5O3. The zero-order valence-electron chi connectivity index (χ0n) is 16.7. The molecule has 0 bridgehead atoms. The third-order valence-corrected chi connectivity index (χ3v) is 5.39. The van der Waals surface area contributed by atoms with Crippen LogP contribution >= 0.6 is 0 Å². The number of methoxy groups -OCH3 is 1. The van der Waals surface area contributed by atoms with Crippen molar-refractivity contribution in [1.29, 1.82) is 0 Å². The molecule has 2 aliphatic rings. The normalized spacial score (nSPS) is 19.7. The van der Waals surface area contributed by atoms with Crippen LogP contribution in [0.15, 0.2) is 36.5 Å². The molecule has 2 saturated heterocycles. The maximum atomic E-state index is 12.9. The average Bonchev–Trinajstić information content (AvgIpc) is 2.80. The van der Waals surface area contributed by atoms with Crippen LogP contribution in [0, 0.1) is 5.92 Å². The molecule has 8 heteroatoms. The SMILES string of the molecule is COc1ccccc1Nc1ccnc(N2CCCC(C(=O)N3CCOCC3)C2)n1. The van der Waals surface area contributed by atoms with Crippen LogP contribution < -0.4 is 15.0 Å². The first-order valence-corrected chi connectivity index (χ1v) is 10.1. The van der Waals surface area contributed by atoms with Crippen LogP contribution in [0.1, 0.15) is 12.8 Å². The molecule has 154 valence electrons. The van der Waals surface area contributed by atoms with E-state index in [4.69, 9.17) is 9.47 Å². The molecule has 0 spiro atoms. The van der Waals surface area contributed by atoms with Crippen LogP contribution in [-0.4, -0.2) is 67.3 Å². The molecule has 8 nitrogen and oxygen atoms in total. The molecule has 1 N–H and O–H groups in total. The number of carbonyl (C=O) groups is 1. The molecule has 1 aromatic carbocycles. The maximum absolute atomic E-state index is 12.9. The Morgan fingerprint density at radius 3 is 2.86 bits per heavy atom. The molecule has 1 atom stereocenters. The number of hydrogen-bond donors (Lipinski definition) is 1. The maximum Gasteiger partial charge on any atom is 0.227 e. The number of anilines is 3. The van der Waals surface area contributed by atoms with Gasteiger partial charge in [0.25, 0.3) is 0 Å². The van der Waals surface area contributed by atoms with Gasteiger partial charge in [-0.2, -0.15) is 4.98 Å². The highest BCUT2D eigenvalue weighted by Gasteiger charge is 2.31. The molecule has 1 unspecified atom stereocenters. The summed E-state index contributed by atoms with van der Waals surface area (Å²) in [6, 6.07) is 9.54. The fraction of sp³-hybridized carbons (Fsp3) is 0.476. The molecule has 0 aliphatic carbocycles. The van der Waals surface area contributed by atoms with E-state index in [1.807, 2.05) is 35.2 Å². The summed E-state index contributed by atoms with van der Waals surface area (Å²) in [5.74, 6) is 2.30. The van der Waals surface area contributed by atoms with Crippen molar-refractivity contribution < 1.29 is 14.3 Å². The summed E-state index contributed by atoms with van der Waals surface area (Å²) in [4.78, 5) is 26.1. The third-order valence-electron chi connectivity index (χ3n) is 5.39. The Morgan fingerprint density at radius 1 is 1.21 bits per heavy atom. The summed E-state index contributed by atoms with van der Waals surface area (Å²) in [6.07, 6.45) is 3.60. The van der Waals surface area contributed by atoms with Crippen molar-refractivity contribution in [2.75, 3.05) is 56.7 Å². The van der Waals surface area contributed by atoms with Crippen LogP contribution in [0.25, 0.3) is 0 Å². The number of nitrogens with one attached hydrogen (secondary N) is 1. The molecule has 3 heterocycles. The minimum atomic E-state index is -0.0173. The van der Waals surface area contributed by atoms with Crippen LogP contribution in [0.3, 0.4) is 0 Å². The van der Waals surface area contributed by atoms with E-state index in [0.717, 1.165) is 30.8 Å². The van der Waals surface area contributed by atoms with Gasteiger partial charge in [0.2, 0.25) is 11.9 Å². The lowest BCUT2D eigenvalue weighted by Crippen LogP contribution is -2.48. The molecule has 2 aliphatic heterocycles. The minimum absolute atomic E-state index is 0.0173. The number of amides is 1. The van der Waals surface area contributed by atoms with E-state index in [0.29, 0.717) is 44.6 Å². The monoisotopic (exact) mass is 397 g/mol. The molecule has 0 saturated carbocycles.